The summed E-state index contributed by atoms with van der Waals surface area (Å²) in [6.07, 6.45) is -0.113. The molecular formula is C18H20ClNO3. The first-order valence-electron chi connectivity index (χ1n) is 7.59. The lowest BCUT2D eigenvalue weighted by Gasteiger charge is -2.19. The van der Waals surface area contributed by atoms with Crippen LogP contribution in [0, 0.1) is 0 Å². The minimum atomic E-state index is -0.635. The van der Waals surface area contributed by atoms with Crippen LogP contribution in [0.4, 0.5) is 5.69 Å². The Hall–Kier alpha value is -2.20. The van der Waals surface area contributed by atoms with Gasteiger partial charge in [0.15, 0.2) is 6.10 Å². The van der Waals surface area contributed by atoms with Crippen LogP contribution in [-0.2, 0) is 4.79 Å². The highest BCUT2D eigenvalue weighted by Gasteiger charge is 2.20. The summed E-state index contributed by atoms with van der Waals surface area (Å²) < 4.78 is 11.3. The van der Waals surface area contributed by atoms with Crippen molar-refractivity contribution in [1.82, 2.24) is 0 Å². The number of carbonyl (C=O) groups excluding carboxylic acids is 1. The molecule has 2 rings (SSSR count). The molecular weight excluding hydrogens is 314 g/mol. The van der Waals surface area contributed by atoms with Crippen molar-refractivity contribution >= 4 is 23.2 Å². The molecule has 0 aliphatic heterocycles. The van der Waals surface area contributed by atoms with E-state index in [1.165, 1.54) is 0 Å². The zero-order valence-electron chi connectivity index (χ0n) is 13.2. The van der Waals surface area contributed by atoms with Crippen molar-refractivity contribution in [3.8, 4) is 11.5 Å². The van der Waals surface area contributed by atoms with Crippen molar-refractivity contribution in [2.24, 2.45) is 0 Å². The smallest absolute Gasteiger partial charge is 0.265 e. The average molecular weight is 334 g/mol. The standard InChI is InChI=1S/C18H20ClNO3/c1-3-15(23-16-11-7-5-9-13(16)19)18(21)20-14-10-6-8-12-17(14)22-4-2/h5-12,15H,3-4H2,1-2H3,(H,20,21)/t15-/m1/s1. The van der Waals surface area contributed by atoms with Crippen molar-refractivity contribution in [1.29, 1.82) is 0 Å². The Morgan fingerprint density at radius 1 is 1.09 bits per heavy atom. The summed E-state index contributed by atoms with van der Waals surface area (Å²) in [5.41, 5.74) is 0.626. The van der Waals surface area contributed by atoms with Gasteiger partial charge in [-0.05, 0) is 37.6 Å². The summed E-state index contributed by atoms with van der Waals surface area (Å²) in [5, 5.41) is 3.33. The molecule has 0 aliphatic carbocycles. The van der Waals surface area contributed by atoms with Gasteiger partial charge in [-0.2, -0.15) is 0 Å². The number of hydrogen-bond acceptors (Lipinski definition) is 3. The Labute approximate surface area is 141 Å². The van der Waals surface area contributed by atoms with Crippen LogP contribution in [0.15, 0.2) is 48.5 Å². The summed E-state index contributed by atoms with van der Waals surface area (Å²) >= 11 is 6.08. The van der Waals surface area contributed by atoms with Gasteiger partial charge in [-0.3, -0.25) is 4.79 Å². The number of halogens is 1. The van der Waals surface area contributed by atoms with Gasteiger partial charge in [-0.1, -0.05) is 42.8 Å². The molecule has 0 aliphatic rings. The van der Waals surface area contributed by atoms with Gasteiger partial charge in [0.2, 0.25) is 0 Å². The van der Waals surface area contributed by atoms with Crippen LogP contribution in [0.1, 0.15) is 20.3 Å². The van der Waals surface area contributed by atoms with E-state index in [0.717, 1.165) is 0 Å². The van der Waals surface area contributed by atoms with E-state index < -0.39 is 6.10 Å². The quantitative estimate of drug-likeness (QED) is 0.809. The van der Waals surface area contributed by atoms with Crippen LogP contribution in [0.2, 0.25) is 5.02 Å². The third kappa shape index (κ3) is 4.63. The predicted octanol–water partition coefficient (Wildman–Crippen LogP) is 4.53. The van der Waals surface area contributed by atoms with E-state index in [9.17, 15) is 4.79 Å². The fourth-order valence-corrected chi connectivity index (χ4v) is 2.26. The second kappa shape index (κ2) is 8.44. The summed E-state index contributed by atoms with van der Waals surface area (Å²) in [7, 11) is 0. The van der Waals surface area contributed by atoms with E-state index >= 15 is 0 Å². The van der Waals surface area contributed by atoms with Gasteiger partial charge < -0.3 is 14.8 Å². The normalized spacial score (nSPS) is 11.6. The SMILES string of the molecule is CCOc1ccccc1NC(=O)[C@@H](CC)Oc1ccccc1Cl. The van der Waals surface area contributed by atoms with E-state index in [4.69, 9.17) is 21.1 Å². The van der Waals surface area contributed by atoms with Crippen molar-refractivity contribution < 1.29 is 14.3 Å². The van der Waals surface area contributed by atoms with E-state index in [-0.39, 0.29) is 5.91 Å². The molecule has 0 spiro atoms. The highest BCUT2D eigenvalue weighted by molar-refractivity contribution is 6.32. The predicted molar refractivity (Wildman–Crippen MR) is 92.4 cm³/mol. The first-order chi connectivity index (χ1) is 11.2. The zero-order valence-corrected chi connectivity index (χ0v) is 14.0. The number of para-hydroxylation sites is 3. The van der Waals surface area contributed by atoms with Crippen LogP contribution in [-0.4, -0.2) is 18.6 Å². The number of ether oxygens (including phenoxy) is 2. The van der Waals surface area contributed by atoms with Crippen molar-refractivity contribution in [3.05, 3.63) is 53.6 Å². The molecule has 23 heavy (non-hydrogen) atoms. The van der Waals surface area contributed by atoms with Gasteiger partial charge in [0.1, 0.15) is 11.5 Å². The molecule has 0 fully saturated rings. The van der Waals surface area contributed by atoms with Gasteiger partial charge in [0.05, 0.1) is 17.3 Å². The number of hydrogen-bond donors (Lipinski definition) is 1. The summed E-state index contributed by atoms with van der Waals surface area (Å²) in [6, 6.07) is 14.4. The lowest BCUT2D eigenvalue weighted by atomic mass is 10.2. The molecule has 2 aromatic carbocycles. The molecule has 1 atom stereocenters. The van der Waals surface area contributed by atoms with Crippen molar-refractivity contribution in [2.45, 2.75) is 26.4 Å². The average Bonchev–Trinajstić information content (AvgIpc) is 2.56. The van der Waals surface area contributed by atoms with Crippen molar-refractivity contribution in [2.75, 3.05) is 11.9 Å². The van der Waals surface area contributed by atoms with E-state index in [1.54, 1.807) is 18.2 Å². The number of benzene rings is 2. The summed E-state index contributed by atoms with van der Waals surface area (Å²) in [5.74, 6) is 0.893. The monoisotopic (exact) mass is 333 g/mol. The van der Waals surface area contributed by atoms with Gasteiger partial charge >= 0.3 is 0 Å². The maximum Gasteiger partial charge on any atom is 0.265 e. The fraction of sp³-hybridized carbons (Fsp3) is 0.278. The minimum Gasteiger partial charge on any atom is -0.492 e. The Kier molecular flexibility index (Phi) is 6.29. The molecule has 0 radical (unpaired) electrons. The second-order valence-electron chi connectivity index (χ2n) is 4.86. The molecule has 122 valence electrons. The molecule has 0 bridgehead atoms. The van der Waals surface area contributed by atoms with Gasteiger partial charge in [-0.15, -0.1) is 0 Å². The minimum absolute atomic E-state index is 0.237. The molecule has 0 saturated carbocycles. The largest absolute Gasteiger partial charge is 0.492 e. The molecule has 5 heteroatoms. The molecule has 0 unspecified atom stereocenters. The first-order valence-corrected chi connectivity index (χ1v) is 7.97. The van der Waals surface area contributed by atoms with Crippen LogP contribution >= 0.6 is 11.6 Å². The lowest BCUT2D eigenvalue weighted by Crippen LogP contribution is -2.32. The second-order valence-corrected chi connectivity index (χ2v) is 5.27. The molecule has 4 nitrogen and oxygen atoms in total. The molecule has 1 N–H and O–H groups in total. The zero-order chi connectivity index (χ0) is 16.7. The Balaban J connectivity index is 2.10. The number of amides is 1. The third-order valence-electron chi connectivity index (χ3n) is 3.21. The first kappa shape index (κ1) is 17.2. The third-order valence-corrected chi connectivity index (χ3v) is 3.53. The van der Waals surface area contributed by atoms with Crippen LogP contribution in [0.25, 0.3) is 0 Å². The highest BCUT2D eigenvalue weighted by Crippen LogP contribution is 2.27. The number of nitrogens with one attached hydrogen (secondary N) is 1. The van der Waals surface area contributed by atoms with Gasteiger partial charge in [0, 0.05) is 0 Å². The van der Waals surface area contributed by atoms with Crippen LogP contribution in [0.3, 0.4) is 0 Å². The number of anilines is 1. The van der Waals surface area contributed by atoms with Gasteiger partial charge in [-0.25, -0.2) is 0 Å². The van der Waals surface area contributed by atoms with Gasteiger partial charge in [0.25, 0.3) is 5.91 Å². The van der Waals surface area contributed by atoms with Crippen LogP contribution < -0.4 is 14.8 Å². The molecule has 0 aromatic heterocycles. The topological polar surface area (TPSA) is 47.6 Å². The molecule has 1 amide bonds. The Bertz CT molecular complexity index is 660. The fourth-order valence-electron chi connectivity index (χ4n) is 2.08. The van der Waals surface area contributed by atoms with E-state index in [1.807, 2.05) is 44.2 Å². The van der Waals surface area contributed by atoms with Crippen LogP contribution in [0.5, 0.6) is 11.5 Å². The maximum atomic E-state index is 12.5. The Morgan fingerprint density at radius 3 is 2.39 bits per heavy atom. The van der Waals surface area contributed by atoms with E-state index in [2.05, 4.69) is 5.32 Å². The van der Waals surface area contributed by atoms with Crippen molar-refractivity contribution in [3.63, 3.8) is 0 Å². The maximum absolute atomic E-state index is 12.5. The molecule has 0 heterocycles. The Morgan fingerprint density at radius 2 is 1.74 bits per heavy atom. The molecule has 2 aromatic rings. The molecule has 0 saturated heterocycles. The highest BCUT2D eigenvalue weighted by atomic mass is 35.5. The summed E-state index contributed by atoms with van der Waals surface area (Å²) in [4.78, 5) is 12.5. The summed E-state index contributed by atoms with van der Waals surface area (Å²) in [6.45, 7) is 4.31. The number of carbonyl (C=O) groups is 1. The van der Waals surface area contributed by atoms with E-state index in [0.29, 0.717) is 35.2 Å². The number of rotatable bonds is 7. The lowest BCUT2D eigenvalue weighted by molar-refractivity contribution is -0.122.